The van der Waals surface area contributed by atoms with E-state index in [0.717, 1.165) is 17.7 Å². The maximum Gasteiger partial charge on any atom is 0.374 e. The van der Waals surface area contributed by atoms with Gasteiger partial charge in [0.15, 0.2) is 0 Å². The third-order valence-corrected chi connectivity index (χ3v) is 2.71. The fourth-order valence-electron chi connectivity index (χ4n) is 1.56. The molecule has 0 aromatic heterocycles. The van der Waals surface area contributed by atoms with E-state index in [1.54, 1.807) is 31.4 Å². The van der Waals surface area contributed by atoms with Crippen molar-refractivity contribution in [2.75, 3.05) is 21.3 Å². The standard InChI is InChI=1S/C14H17NO6/c1-19-11-6-4-10(5-7-11)9-15(21-3)13(17)8-12(16)14(18)20-2/h4-7H,8-9H2,1-3H3. The molecule has 7 nitrogen and oxygen atoms in total. The third-order valence-electron chi connectivity index (χ3n) is 2.71. The van der Waals surface area contributed by atoms with E-state index in [4.69, 9.17) is 9.57 Å². The number of hydrogen-bond acceptors (Lipinski definition) is 6. The molecule has 1 aromatic carbocycles. The normalized spacial score (nSPS) is 9.86. The lowest BCUT2D eigenvalue weighted by Gasteiger charge is -2.19. The largest absolute Gasteiger partial charge is 0.497 e. The highest BCUT2D eigenvalue weighted by Crippen LogP contribution is 2.13. The second kappa shape index (κ2) is 8.01. The van der Waals surface area contributed by atoms with Gasteiger partial charge in [0.1, 0.15) is 5.75 Å². The lowest BCUT2D eigenvalue weighted by Crippen LogP contribution is -2.33. The molecule has 0 saturated heterocycles. The Morgan fingerprint density at radius 2 is 1.67 bits per heavy atom. The Hall–Kier alpha value is -2.41. The third kappa shape index (κ3) is 4.88. The molecule has 0 bridgehead atoms. The van der Waals surface area contributed by atoms with Crippen LogP contribution in [0.4, 0.5) is 0 Å². The smallest absolute Gasteiger partial charge is 0.374 e. The van der Waals surface area contributed by atoms with Crippen LogP contribution in [-0.4, -0.2) is 44.1 Å². The van der Waals surface area contributed by atoms with Crippen molar-refractivity contribution in [3.63, 3.8) is 0 Å². The average Bonchev–Trinajstić information content (AvgIpc) is 2.51. The highest BCUT2D eigenvalue weighted by molar-refractivity contribution is 6.36. The van der Waals surface area contributed by atoms with Gasteiger partial charge < -0.3 is 9.47 Å². The Bertz CT molecular complexity index is 511. The van der Waals surface area contributed by atoms with Crippen LogP contribution in [0, 0.1) is 0 Å². The summed E-state index contributed by atoms with van der Waals surface area (Å²) in [6.07, 6.45) is -0.601. The first-order valence-corrected chi connectivity index (χ1v) is 6.10. The van der Waals surface area contributed by atoms with Crippen LogP contribution in [0.5, 0.6) is 5.75 Å². The van der Waals surface area contributed by atoms with Crippen LogP contribution in [0.2, 0.25) is 0 Å². The lowest BCUT2D eigenvalue weighted by atomic mass is 10.2. The van der Waals surface area contributed by atoms with Gasteiger partial charge in [-0.3, -0.25) is 14.4 Å². The van der Waals surface area contributed by atoms with Crippen molar-refractivity contribution in [1.29, 1.82) is 0 Å². The first-order chi connectivity index (χ1) is 10.0. The van der Waals surface area contributed by atoms with Crippen LogP contribution < -0.4 is 4.74 Å². The molecule has 0 spiro atoms. The minimum absolute atomic E-state index is 0.147. The Morgan fingerprint density at radius 1 is 1.05 bits per heavy atom. The number of carbonyl (C=O) groups excluding carboxylic acids is 3. The SMILES string of the molecule is COC(=O)C(=O)CC(=O)N(Cc1ccc(OC)cc1)OC. The Kier molecular flexibility index (Phi) is 6.35. The lowest BCUT2D eigenvalue weighted by molar-refractivity contribution is -0.180. The van der Waals surface area contributed by atoms with E-state index in [0.29, 0.717) is 5.75 Å². The molecule has 0 heterocycles. The van der Waals surface area contributed by atoms with E-state index in [9.17, 15) is 14.4 Å². The molecule has 1 aromatic rings. The number of ether oxygens (including phenoxy) is 2. The fourth-order valence-corrected chi connectivity index (χ4v) is 1.56. The summed E-state index contributed by atoms with van der Waals surface area (Å²) >= 11 is 0. The predicted molar refractivity (Wildman–Crippen MR) is 72.2 cm³/mol. The molecule has 0 aliphatic heterocycles. The Balaban J connectivity index is 2.66. The van der Waals surface area contributed by atoms with Crippen molar-refractivity contribution in [2.24, 2.45) is 0 Å². The maximum absolute atomic E-state index is 11.9. The number of ketones is 1. The number of Topliss-reactive ketones (excluding diaryl/α,β-unsaturated/α-hetero) is 1. The molecule has 0 fully saturated rings. The first kappa shape index (κ1) is 16.6. The Morgan fingerprint density at radius 3 is 2.14 bits per heavy atom. The van der Waals surface area contributed by atoms with Crippen LogP contribution >= 0.6 is 0 Å². The number of nitrogens with zero attached hydrogens (tertiary/aromatic N) is 1. The Labute approximate surface area is 122 Å². The van der Waals surface area contributed by atoms with E-state index in [2.05, 4.69) is 4.74 Å². The highest BCUT2D eigenvalue weighted by Gasteiger charge is 2.22. The summed E-state index contributed by atoms with van der Waals surface area (Å²) in [5.41, 5.74) is 0.788. The molecule has 0 saturated carbocycles. The van der Waals surface area contributed by atoms with Gasteiger partial charge in [-0.05, 0) is 17.7 Å². The fraction of sp³-hybridized carbons (Fsp3) is 0.357. The maximum atomic E-state index is 11.9. The van der Waals surface area contributed by atoms with E-state index >= 15 is 0 Å². The van der Waals surface area contributed by atoms with Crippen molar-refractivity contribution in [1.82, 2.24) is 5.06 Å². The second-order valence-electron chi connectivity index (χ2n) is 4.05. The van der Waals surface area contributed by atoms with Crippen LogP contribution in [-0.2, 0) is 30.5 Å². The van der Waals surface area contributed by atoms with Crippen LogP contribution in [0.1, 0.15) is 12.0 Å². The van der Waals surface area contributed by atoms with Gasteiger partial charge in [-0.25, -0.2) is 9.86 Å². The van der Waals surface area contributed by atoms with E-state index in [1.807, 2.05) is 0 Å². The van der Waals surface area contributed by atoms with Gasteiger partial charge >= 0.3 is 5.97 Å². The van der Waals surface area contributed by atoms with Gasteiger partial charge in [0.2, 0.25) is 5.78 Å². The summed E-state index contributed by atoms with van der Waals surface area (Å²) in [6, 6.07) is 7.01. The molecule has 0 aliphatic rings. The van der Waals surface area contributed by atoms with Gasteiger partial charge in [-0.1, -0.05) is 12.1 Å². The molecule has 1 rings (SSSR count). The average molecular weight is 295 g/mol. The quantitative estimate of drug-likeness (QED) is 0.319. The van der Waals surface area contributed by atoms with Gasteiger partial charge in [-0.2, -0.15) is 0 Å². The zero-order valence-corrected chi connectivity index (χ0v) is 12.1. The van der Waals surface area contributed by atoms with E-state index in [-0.39, 0.29) is 6.54 Å². The van der Waals surface area contributed by atoms with Crippen molar-refractivity contribution in [2.45, 2.75) is 13.0 Å². The molecular weight excluding hydrogens is 278 g/mol. The highest BCUT2D eigenvalue weighted by atomic mass is 16.7. The van der Waals surface area contributed by atoms with Gasteiger partial charge in [-0.15, -0.1) is 0 Å². The van der Waals surface area contributed by atoms with Crippen molar-refractivity contribution < 1.29 is 28.7 Å². The van der Waals surface area contributed by atoms with Crippen molar-refractivity contribution in [3.8, 4) is 5.75 Å². The second-order valence-corrected chi connectivity index (χ2v) is 4.05. The molecule has 0 aliphatic carbocycles. The molecule has 21 heavy (non-hydrogen) atoms. The molecular formula is C14H17NO6. The molecule has 0 atom stereocenters. The van der Waals surface area contributed by atoms with Gasteiger partial charge in [0.25, 0.3) is 5.91 Å². The molecule has 7 heteroatoms. The minimum atomic E-state index is -1.05. The van der Waals surface area contributed by atoms with Crippen molar-refractivity contribution >= 4 is 17.7 Å². The first-order valence-electron chi connectivity index (χ1n) is 6.10. The number of methoxy groups -OCH3 is 2. The molecule has 0 N–H and O–H groups in total. The number of benzene rings is 1. The zero-order chi connectivity index (χ0) is 15.8. The molecule has 0 radical (unpaired) electrons. The summed E-state index contributed by atoms with van der Waals surface area (Å²) in [6.45, 7) is 0.147. The summed E-state index contributed by atoms with van der Waals surface area (Å²) < 4.78 is 9.29. The number of hydrogen-bond donors (Lipinski definition) is 0. The monoisotopic (exact) mass is 295 g/mol. The number of rotatable bonds is 7. The predicted octanol–water partition coefficient (Wildman–Crippen LogP) is 0.717. The number of esters is 1. The van der Waals surface area contributed by atoms with Crippen LogP contribution in [0.25, 0.3) is 0 Å². The van der Waals surface area contributed by atoms with E-state index in [1.165, 1.54) is 7.11 Å². The summed E-state index contributed by atoms with van der Waals surface area (Å²) in [4.78, 5) is 39.2. The minimum Gasteiger partial charge on any atom is -0.497 e. The number of hydroxylamine groups is 2. The summed E-state index contributed by atoms with van der Waals surface area (Å²) in [5.74, 6) is -1.90. The van der Waals surface area contributed by atoms with Crippen molar-refractivity contribution in [3.05, 3.63) is 29.8 Å². The zero-order valence-electron chi connectivity index (χ0n) is 12.1. The number of amides is 1. The number of carbonyl (C=O) groups is 3. The molecule has 1 amide bonds. The van der Waals surface area contributed by atoms with E-state index < -0.39 is 24.1 Å². The van der Waals surface area contributed by atoms with Gasteiger partial charge in [0.05, 0.1) is 34.3 Å². The van der Waals surface area contributed by atoms with Crippen LogP contribution in [0.15, 0.2) is 24.3 Å². The summed E-state index contributed by atoms with van der Waals surface area (Å²) in [7, 11) is 3.94. The molecule has 0 unspecified atom stereocenters. The van der Waals surface area contributed by atoms with Crippen LogP contribution in [0.3, 0.4) is 0 Å². The summed E-state index contributed by atoms with van der Waals surface area (Å²) in [5, 5.41) is 1.00. The molecule has 114 valence electrons. The topological polar surface area (TPSA) is 82.1 Å². The van der Waals surface area contributed by atoms with Gasteiger partial charge in [0, 0.05) is 0 Å².